The standard InChI is InChI=1S/C20H16F2N2O3/c21-15-9-7-13(8-10-15)18(25)19(26)24-12-14-4-3-11-23-20(14)27-17-6-2-1-5-16(17)22/h1-11,18,25H,12H2,(H,24,26)/t18-/m1/s1. The van der Waals surface area contributed by atoms with Crippen LogP contribution in [0.3, 0.4) is 0 Å². The lowest BCUT2D eigenvalue weighted by Gasteiger charge is -2.14. The van der Waals surface area contributed by atoms with Gasteiger partial charge in [-0.25, -0.2) is 13.8 Å². The van der Waals surface area contributed by atoms with E-state index in [1.54, 1.807) is 24.3 Å². The quantitative estimate of drug-likeness (QED) is 0.697. The summed E-state index contributed by atoms with van der Waals surface area (Å²) in [4.78, 5) is 16.2. The third-order valence-corrected chi connectivity index (χ3v) is 3.78. The lowest BCUT2D eigenvalue weighted by Crippen LogP contribution is -2.29. The van der Waals surface area contributed by atoms with E-state index in [0.717, 1.165) is 12.1 Å². The highest BCUT2D eigenvalue weighted by Gasteiger charge is 2.18. The summed E-state index contributed by atoms with van der Waals surface area (Å²) >= 11 is 0. The predicted molar refractivity (Wildman–Crippen MR) is 93.9 cm³/mol. The fourth-order valence-electron chi connectivity index (χ4n) is 2.36. The van der Waals surface area contributed by atoms with Crippen molar-refractivity contribution in [1.29, 1.82) is 0 Å². The van der Waals surface area contributed by atoms with Crippen LogP contribution in [0.5, 0.6) is 11.6 Å². The molecule has 0 saturated heterocycles. The molecular weight excluding hydrogens is 354 g/mol. The number of aliphatic hydroxyl groups is 1. The number of rotatable bonds is 6. The first kappa shape index (κ1) is 18.5. The number of nitrogens with one attached hydrogen (secondary N) is 1. The van der Waals surface area contributed by atoms with Gasteiger partial charge in [0.2, 0.25) is 5.88 Å². The molecule has 3 rings (SSSR count). The Morgan fingerprint density at radius 2 is 1.81 bits per heavy atom. The van der Waals surface area contributed by atoms with Gasteiger partial charge in [0.1, 0.15) is 5.82 Å². The van der Waals surface area contributed by atoms with E-state index in [-0.39, 0.29) is 23.7 Å². The molecular formula is C20H16F2N2O3. The Morgan fingerprint density at radius 3 is 2.56 bits per heavy atom. The van der Waals surface area contributed by atoms with Crippen LogP contribution < -0.4 is 10.1 Å². The summed E-state index contributed by atoms with van der Waals surface area (Å²) in [5.41, 5.74) is 0.767. The monoisotopic (exact) mass is 370 g/mol. The normalized spacial score (nSPS) is 11.7. The van der Waals surface area contributed by atoms with E-state index in [9.17, 15) is 18.7 Å². The Bertz CT molecular complexity index is 933. The number of halogens is 2. The van der Waals surface area contributed by atoms with Gasteiger partial charge in [-0.05, 0) is 35.9 Å². The first-order chi connectivity index (χ1) is 13.0. The zero-order chi connectivity index (χ0) is 19.2. The molecule has 2 N–H and O–H groups in total. The number of amides is 1. The summed E-state index contributed by atoms with van der Waals surface area (Å²) in [5.74, 6) is -1.52. The second-order valence-corrected chi connectivity index (χ2v) is 5.67. The molecule has 2 aromatic carbocycles. The van der Waals surface area contributed by atoms with Crippen molar-refractivity contribution in [2.45, 2.75) is 12.6 Å². The van der Waals surface area contributed by atoms with Crippen molar-refractivity contribution >= 4 is 5.91 Å². The lowest BCUT2D eigenvalue weighted by molar-refractivity contribution is -0.129. The first-order valence-electron chi connectivity index (χ1n) is 8.12. The van der Waals surface area contributed by atoms with Gasteiger partial charge in [-0.1, -0.05) is 30.3 Å². The molecule has 0 unspecified atom stereocenters. The predicted octanol–water partition coefficient (Wildman–Crippen LogP) is 3.50. The van der Waals surface area contributed by atoms with Gasteiger partial charge in [0, 0.05) is 18.3 Å². The summed E-state index contributed by atoms with van der Waals surface area (Å²) in [5, 5.41) is 12.6. The van der Waals surface area contributed by atoms with E-state index in [1.807, 2.05) is 0 Å². The highest BCUT2D eigenvalue weighted by atomic mass is 19.1. The number of ether oxygens (including phenoxy) is 1. The molecule has 1 aromatic heterocycles. The minimum absolute atomic E-state index is 0.00864. The fraction of sp³-hybridized carbons (Fsp3) is 0.100. The Kier molecular flexibility index (Phi) is 5.73. The largest absolute Gasteiger partial charge is 0.436 e. The molecule has 0 aliphatic carbocycles. The highest BCUT2D eigenvalue weighted by molar-refractivity contribution is 5.81. The second kappa shape index (κ2) is 8.37. The summed E-state index contributed by atoms with van der Waals surface area (Å²) in [6.45, 7) is 0.00864. The molecule has 138 valence electrons. The van der Waals surface area contributed by atoms with Gasteiger partial charge in [-0.3, -0.25) is 4.79 Å². The summed E-state index contributed by atoms with van der Waals surface area (Å²) < 4.78 is 32.2. The molecule has 0 spiro atoms. The molecule has 0 aliphatic rings. The molecule has 0 fully saturated rings. The van der Waals surface area contributed by atoms with Gasteiger partial charge in [0.25, 0.3) is 5.91 Å². The number of carbonyl (C=O) groups excluding carboxylic acids is 1. The van der Waals surface area contributed by atoms with Crippen molar-refractivity contribution in [3.8, 4) is 11.6 Å². The molecule has 1 heterocycles. The topological polar surface area (TPSA) is 71.5 Å². The Morgan fingerprint density at radius 1 is 1.07 bits per heavy atom. The molecule has 0 saturated carbocycles. The zero-order valence-corrected chi connectivity index (χ0v) is 14.1. The van der Waals surface area contributed by atoms with Crippen molar-refractivity contribution in [3.63, 3.8) is 0 Å². The molecule has 0 radical (unpaired) electrons. The minimum atomic E-state index is -1.45. The number of aromatic nitrogens is 1. The molecule has 5 nitrogen and oxygen atoms in total. The molecule has 0 aliphatic heterocycles. The van der Waals surface area contributed by atoms with Crippen molar-refractivity contribution in [1.82, 2.24) is 10.3 Å². The van der Waals surface area contributed by atoms with Crippen LogP contribution in [0.1, 0.15) is 17.2 Å². The summed E-state index contributed by atoms with van der Waals surface area (Å²) in [6, 6.07) is 14.2. The fourth-order valence-corrected chi connectivity index (χ4v) is 2.36. The first-order valence-corrected chi connectivity index (χ1v) is 8.12. The van der Waals surface area contributed by atoms with Crippen LogP contribution in [0.2, 0.25) is 0 Å². The Hall–Kier alpha value is -3.32. The van der Waals surface area contributed by atoms with Crippen LogP contribution in [-0.4, -0.2) is 16.0 Å². The number of pyridine rings is 1. The average Bonchev–Trinajstić information content (AvgIpc) is 2.69. The maximum atomic E-state index is 13.8. The molecule has 1 atom stereocenters. The van der Waals surface area contributed by atoms with Crippen LogP contribution in [0, 0.1) is 11.6 Å². The molecule has 3 aromatic rings. The van der Waals surface area contributed by atoms with E-state index in [1.165, 1.54) is 30.5 Å². The van der Waals surface area contributed by atoms with Crippen molar-refractivity contribution in [2.24, 2.45) is 0 Å². The van der Waals surface area contributed by atoms with E-state index < -0.39 is 23.6 Å². The van der Waals surface area contributed by atoms with E-state index in [0.29, 0.717) is 5.56 Å². The van der Waals surface area contributed by atoms with Gasteiger partial charge in [0.05, 0.1) is 0 Å². The number of hydrogen-bond donors (Lipinski definition) is 2. The van der Waals surface area contributed by atoms with Gasteiger partial charge >= 0.3 is 0 Å². The Labute approximate surface area is 154 Å². The highest BCUT2D eigenvalue weighted by Crippen LogP contribution is 2.25. The van der Waals surface area contributed by atoms with Crippen LogP contribution in [0.25, 0.3) is 0 Å². The third-order valence-electron chi connectivity index (χ3n) is 3.78. The summed E-state index contributed by atoms with van der Waals surface area (Å²) in [6.07, 6.45) is 0.0349. The number of aliphatic hydroxyl groups excluding tert-OH is 1. The molecule has 0 bridgehead atoms. The molecule has 1 amide bonds. The van der Waals surface area contributed by atoms with E-state index in [4.69, 9.17) is 4.74 Å². The van der Waals surface area contributed by atoms with Crippen molar-refractivity contribution in [3.05, 3.63) is 89.6 Å². The van der Waals surface area contributed by atoms with Gasteiger partial charge < -0.3 is 15.2 Å². The molecule has 7 heteroatoms. The van der Waals surface area contributed by atoms with Crippen LogP contribution >= 0.6 is 0 Å². The van der Waals surface area contributed by atoms with E-state index >= 15 is 0 Å². The number of benzene rings is 2. The van der Waals surface area contributed by atoms with Gasteiger partial charge in [-0.15, -0.1) is 0 Å². The second-order valence-electron chi connectivity index (χ2n) is 5.67. The van der Waals surface area contributed by atoms with Crippen molar-refractivity contribution in [2.75, 3.05) is 0 Å². The van der Waals surface area contributed by atoms with Gasteiger partial charge in [0.15, 0.2) is 17.7 Å². The number of carbonyl (C=O) groups is 1. The Balaban J connectivity index is 1.68. The zero-order valence-electron chi connectivity index (χ0n) is 14.1. The number of nitrogens with zero attached hydrogens (tertiary/aromatic N) is 1. The molecule has 27 heavy (non-hydrogen) atoms. The number of para-hydroxylation sites is 1. The lowest BCUT2D eigenvalue weighted by atomic mass is 10.1. The SMILES string of the molecule is O=C(NCc1cccnc1Oc1ccccc1F)[C@H](O)c1ccc(F)cc1. The average molecular weight is 370 g/mol. The van der Waals surface area contributed by atoms with Crippen LogP contribution in [0.4, 0.5) is 8.78 Å². The third kappa shape index (κ3) is 4.65. The van der Waals surface area contributed by atoms with Crippen molar-refractivity contribution < 1.29 is 23.4 Å². The minimum Gasteiger partial charge on any atom is -0.436 e. The maximum absolute atomic E-state index is 13.8. The van der Waals surface area contributed by atoms with Gasteiger partial charge in [-0.2, -0.15) is 0 Å². The van der Waals surface area contributed by atoms with Crippen LogP contribution in [0.15, 0.2) is 66.9 Å². The smallest absolute Gasteiger partial charge is 0.253 e. The number of hydrogen-bond acceptors (Lipinski definition) is 4. The maximum Gasteiger partial charge on any atom is 0.253 e. The van der Waals surface area contributed by atoms with E-state index in [2.05, 4.69) is 10.3 Å². The summed E-state index contributed by atoms with van der Waals surface area (Å²) in [7, 11) is 0. The van der Waals surface area contributed by atoms with Crippen LogP contribution in [-0.2, 0) is 11.3 Å².